The summed E-state index contributed by atoms with van der Waals surface area (Å²) in [5.74, 6) is 0.264. The van der Waals surface area contributed by atoms with Gasteiger partial charge in [0.25, 0.3) is 0 Å². The maximum absolute atomic E-state index is 12.0. The van der Waals surface area contributed by atoms with Crippen LogP contribution in [0.5, 0.6) is 0 Å². The number of likely N-dealkylation sites (tertiary alicyclic amines) is 1. The number of carbonyl (C=O) groups is 1. The molecule has 1 atom stereocenters. The molecule has 114 valence electrons. The Bertz CT molecular complexity index is 346. The second kappa shape index (κ2) is 6.72. The van der Waals surface area contributed by atoms with E-state index in [1.807, 2.05) is 11.0 Å². The molecule has 0 bridgehead atoms. The van der Waals surface area contributed by atoms with Gasteiger partial charge in [-0.25, -0.2) is 0 Å². The molecule has 0 unspecified atom stereocenters. The van der Waals surface area contributed by atoms with E-state index in [4.69, 9.17) is 4.74 Å². The number of piperidine rings is 1. The molecule has 0 aromatic carbocycles. The maximum Gasteiger partial charge on any atom is 0.222 e. The lowest BCUT2D eigenvalue weighted by molar-refractivity contribution is -0.147. The van der Waals surface area contributed by atoms with Gasteiger partial charge in [-0.15, -0.1) is 6.58 Å². The van der Waals surface area contributed by atoms with Gasteiger partial charge in [-0.1, -0.05) is 6.08 Å². The summed E-state index contributed by atoms with van der Waals surface area (Å²) in [6.45, 7) is 6.22. The Morgan fingerprint density at radius 1 is 1.45 bits per heavy atom. The number of rotatable bonds is 4. The smallest absolute Gasteiger partial charge is 0.222 e. The molecular weight excluding hydrogens is 252 g/mol. The van der Waals surface area contributed by atoms with Gasteiger partial charge in [-0.05, 0) is 46.2 Å². The molecule has 4 heteroatoms. The van der Waals surface area contributed by atoms with Crippen molar-refractivity contribution in [2.24, 2.45) is 0 Å². The zero-order valence-electron chi connectivity index (χ0n) is 12.9. The van der Waals surface area contributed by atoms with E-state index in [0.29, 0.717) is 12.5 Å². The first-order chi connectivity index (χ1) is 9.56. The summed E-state index contributed by atoms with van der Waals surface area (Å²) in [7, 11) is 4.30. The van der Waals surface area contributed by atoms with Crippen LogP contribution in [0.2, 0.25) is 0 Å². The molecule has 20 heavy (non-hydrogen) atoms. The molecule has 2 saturated heterocycles. The Morgan fingerprint density at radius 2 is 2.15 bits per heavy atom. The van der Waals surface area contributed by atoms with Crippen molar-refractivity contribution in [3.05, 3.63) is 12.7 Å². The minimum atomic E-state index is 0.0163. The molecule has 0 aliphatic carbocycles. The van der Waals surface area contributed by atoms with Crippen LogP contribution in [0.25, 0.3) is 0 Å². The van der Waals surface area contributed by atoms with Crippen molar-refractivity contribution in [1.82, 2.24) is 9.80 Å². The Hall–Kier alpha value is -0.870. The molecule has 2 rings (SSSR count). The third kappa shape index (κ3) is 3.61. The van der Waals surface area contributed by atoms with Crippen LogP contribution in [-0.4, -0.2) is 61.1 Å². The van der Waals surface area contributed by atoms with Crippen molar-refractivity contribution >= 4 is 5.91 Å². The standard InChI is InChI=1S/C16H28N2O2/c1-4-5-6-15(19)18-10-8-16(9-11-18)13-14(17(2)3)7-12-20-16/h4,14H,1,5-13H2,2-3H3/t14-/m0/s1. The summed E-state index contributed by atoms with van der Waals surface area (Å²) in [6, 6.07) is 0.617. The zero-order chi connectivity index (χ0) is 14.6. The topological polar surface area (TPSA) is 32.8 Å². The number of nitrogens with zero attached hydrogens (tertiary/aromatic N) is 2. The fourth-order valence-corrected chi connectivity index (χ4v) is 3.34. The summed E-state index contributed by atoms with van der Waals surface area (Å²) in [5.41, 5.74) is 0.0163. The number of allylic oxidation sites excluding steroid dienone is 1. The lowest BCUT2D eigenvalue weighted by atomic mass is 9.82. The molecule has 2 fully saturated rings. The predicted octanol–water partition coefficient (Wildman–Crippen LogP) is 2.05. The van der Waals surface area contributed by atoms with Crippen molar-refractivity contribution in [2.45, 2.75) is 50.2 Å². The van der Waals surface area contributed by atoms with Gasteiger partial charge in [0, 0.05) is 32.2 Å². The minimum Gasteiger partial charge on any atom is -0.375 e. The number of amides is 1. The Labute approximate surface area is 122 Å². The van der Waals surface area contributed by atoms with E-state index in [1.54, 1.807) is 0 Å². The van der Waals surface area contributed by atoms with Crippen LogP contribution in [-0.2, 0) is 9.53 Å². The summed E-state index contributed by atoms with van der Waals surface area (Å²) in [6.07, 6.45) is 7.38. The van der Waals surface area contributed by atoms with Crippen molar-refractivity contribution in [3.63, 3.8) is 0 Å². The second-order valence-electron chi connectivity index (χ2n) is 6.35. The van der Waals surface area contributed by atoms with Gasteiger partial charge in [-0.2, -0.15) is 0 Å². The fraction of sp³-hybridized carbons (Fsp3) is 0.812. The number of ether oxygens (including phenoxy) is 1. The normalized spacial score (nSPS) is 25.9. The van der Waals surface area contributed by atoms with Crippen molar-refractivity contribution < 1.29 is 9.53 Å². The molecule has 4 nitrogen and oxygen atoms in total. The molecule has 1 amide bonds. The average Bonchev–Trinajstić information content (AvgIpc) is 2.45. The molecule has 0 aromatic rings. The van der Waals surface area contributed by atoms with Gasteiger partial charge >= 0.3 is 0 Å². The third-order valence-corrected chi connectivity index (χ3v) is 4.79. The Morgan fingerprint density at radius 3 is 2.75 bits per heavy atom. The van der Waals surface area contributed by atoms with E-state index in [9.17, 15) is 4.79 Å². The van der Waals surface area contributed by atoms with E-state index in [-0.39, 0.29) is 11.5 Å². The highest BCUT2D eigenvalue weighted by Gasteiger charge is 2.41. The number of hydrogen-bond donors (Lipinski definition) is 0. The van der Waals surface area contributed by atoms with Crippen LogP contribution in [0.3, 0.4) is 0 Å². The lowest BCUT2D eigenvalue weighted by Crippen LogP contribution is -2.53. The lowest BCUT2D eigenvalue weighted by Gasteiger charge is -2.47. The monoisotopic (exact) mass is 280 g/mol. The fourth-order valence-electron chi connectivity index (χ4n) is 3.34. The number of carbonyl (C=O) groups excluding carboxylic acids is 1. The SMILES string of the molecule is C=CCCC(=O)N1CCC2(CC1)C[C@@H](N(C)C)CCO2. The molecule has 2 aliphatic rings. The quantitative estimate of drug-likeness (QED) is 0.739. The van der Waals surface area contributed by atoms with E-state index in [2.05, 4.69) is 25.6 Å². The molecule has 0 radical (unpaired) electrons. The van der Waals surface area contributed by atoms with Crippen LogP contribution in [0.1, 0.15) is 38.5 Å². The van der Waals surface area contributed by atoms with E-state index in [0.717, 1.165) is 51.8 Å². The highest BCUT2D eigenvalue weighted by atomic mass is 16.5. The molecule has 0 aromatic heterocycles. The summed E-state index contributed by atoms with van der Waals surface area (Å²) >= 11 is 0. The van der Waals surface area contributed by atoms with E-state index >= 15 is 0 Å². The molecule has 1 spiro atoms. The van der Waals surface area contributed by atoms with Gasteiger partial charge in [0.2, 0.25) is 5.91 Å². The second-order valence-corrected chi connectivity index (χ2v) is 6.35. The average molecular weight is 280 g/mol. The van der Waals surface area contributed by atoms with Crippen LogP contribution in [0.4, 0.5) is 0 Å². The van der Waals surface area contributed by atoms with Gasteiger partial charge in [0.05, 0.1) is 5.60 Å². The largest absolute Gasteiger partial charge is 0.375 e. The first kappa shape index (κ1) is 15.5. The first-order valence-electron chi connectivity index (χ1n) is 7.75. The van der Waals surface area contributed by atoms with E-state index < -0.39 is 0 Å². The Kier molecular flexibility index (Phi) is 5.22. The zero-order valence-corrected chi connectivity index (χ0v) is 12.9. The highest BCUT2D eigenvalue weighted by molar-refractivity contribution is 5.76. The van der Waals surface area contributed by atoms with Gasteiger partial charge < -0.3 is 14.5 Å². The third-order valence-electron chi connectivity index (χ3n) is 4.79. The van der Waals surface area contributed by atoms with Crippen LogP contribution < -0.4 is 0 Å². The van der Waals surface area contributed by atoms with Gasteiger partial charge in [0.15, 0.2) is 0 Å². The van der Waals surface area contributed by atoms with Gasteiger partial charge in [0.1, 0.15) is 0 Å². The number of hydrogen-bond acceptors (Lipinski definition) is 3. The maximum atomic E-state index is 12.0. The molecule has 2 aliphatic heterocycles. The van der Waals surface area contributed by atoms with Crippen LogP contribution in [0, 0.1) is 0 Å². The highest BCUT2D eigenvalue weighted by Crippen LogP contribution is 2.36. The summed E-state index contributed by atoms with van der Waals surface area (Å²) in [5, 5.41) is 0. The summed E-state index contributed by atoms with van der Waals surface area (Å²) < 4.78 is 6.12. The molecule has 0 N–H and O–H groups in total. The van der Waals surface area contributed by atoms with Crippen molar-refractivity contribution in [3.8, 4) is 0 Å². The first-order valence-corrected chi connectivity index (χ1v) is 7.75. The molecule has 0 saturated carbocycles. The van der Waals surface area contributed by atoms with E-state index in [1.165, 1.54) is 0 Å². The van der Waals surface area contributed by atoms with Gasteiger partial charge in [-0.3, -0.25) is 4.79 Å². The summed E-state index contributed by atoms with van der Waals surface area (Å²) in [4.78, 5) is 16.3. The Balaban J connectivity index is 1.86. The van der Waals surface area contributed by atoms with Crippen LogP contribution in [0.15, 0.2) is 12.7 Å². The molecular formula is C16H28N2O2. The van der Waals surface area contributed by atoms with Crippen molar-refractivity contribution in [2.75, 3.05) is 33.8 Å². The predicted molar refractivity (Wildman–Crippen MR) is 80.6 cm³/mol. The molecule has 2 heterocycles. The minimum absolute atomic E-state index is 0.0163. The van der Waals surface area contributed by atoms with Crippen LogP contribution >= 0.6 is 0 Å². The van der Waals surface area contributed by atoms with Crippen molar-refractivity contribution in [1.29, 1.82) is 0 Å².